The van der Waals surface area contributed by atoms with Gasteiger partial charge in [0.2, 0.25) is 0 Å². The van der Waals surface area contributed by atoms with Gasteiger partial charge in [-0.05, 0) is 35.0 Å². The molecule has 4 nitrogen and oxygen atoms in total. The van der Waals surface area contributed by atoms with E-state index >= 15 is 0 Å². The van der Waals surface area contributed by atoms with E-state index in [1.165, 1.54) is 5.56 Å². The van der Waals surface area contributed by atoms with Crippen molar-refractivity contribution in [1.82, 2.24) is 14.8 Å². The number of hydrogen-bond donors (Lipinski definition) is 0. The Labute approximate surface area is 213 Å². The Kier molecular flexibility index (Phi) is 7.39. The van der Waals surface area contributed by atoms with E-state index in [0.717, 1.165) is 38.9 Å². The first-order chi connectivity index (χ1) is 16.2. The first-order valence-electron chi connectivity index (χ1n) is 11.0. The van der Waals surface area contributed by atoms with E-state index in [4.69, 9.17) is 4.42 Å². The second-order valence-electron chi connectivity index (χ2n) is 8.02. The number of nitrogens with zero attached hydrogens (tertiary/aromatic N) is 3. The maximum Gasteiger partial charge on any atom is 2.00 e. The number of aromatic nitrogens is 3. The van der Waals surface area contributed by atoms with Crippen LogP contribution in [-0.2, 0) is 21.1 Å². The minimum atomic E-state index is 0. The summed E-state index contributed by atoms with van der Waals surface area (Å²) in [7, 11) is 0. The Hall–Kier alpha value is -3.49. The summed E-state index contributed by atoms with van der Waals surface area (Å²) in [4.78, 5) is 4.60. The van der Waals surface area contributed by atoms with E-state index in [-0.39, 0.29) is 21.1 Å². The van der Waals surface area contributed by atoms with Gasteiger partial charge in [-0.2, -0.15) is 29.4 Å². The minimum Gasteiger partial charge on any atom is -0.501 e. The Morgan fingerprint density at radius 2 is 1.71 bits per heavy atom. The number of para-hydroxylation sites is 2. The number of furan rings is 1. The van der Waals surface area contributed by atoms with E-state index in [9.17, 15) is 0 Å². The van der Waals surface area contributed by atoms with Crippen LogP contribution < -0.4 is 0 Å². The second kappa shape index (κ2) is 10.6. The number of hydrogen-bond acceptors (Lipinski definition) is 3. The van der Waals surface area contributed by atoms with Crippen LogP contribution in [0.25, 0.3) is 38.9 Å². The number of pyridine rings is 1. The summed E-state index contributed by atoms with van der Waals surface area (Å²) in [6.07, 6.45) is 5.59. The van der Waals surface area contributed by atoms with E-state index in [2.05, 4.69) is 48.2 Å². The zero-order valence-corrected chi connectivity index (χ0v) is 21.2. The molecule has 0 spiro atoms. The Morgan fingerprint density at radius 3 is 2.41 bits per heavy atom. The molecular formula is C29H23N3OPt. The molecule has 0 aliphatic heterocycles. The molecule has 0 aliphatic rings. The molecule has 0 aliphatic carbocycles. The van der Waals surface area contributed by atoms with Gasteiger partial charge in [0.1, 0.15) is 5.58 Å². The molecule has 0 unspecified atom stereocenters. The van der Waals surface area contributed by atoms with Crippen LogP contribution in [0.4, 0.5) is 0 Å². The first kappa shape index (κ1) is 23.7. The quantitative estimate of drug-likeness (QED) is 0.195. The van der Waals surface area contributed by atoms with Crippen molar-refractivity contribution < 1.29 is 25.5 Å². The van der Waals surface area contributed by atoms with Crippen LogP contribution in [-0.4, -0.2) is 14.8 Å². The van der Waals surface area contributed by atoms with E-state index in [1.807, 2.05) is 79.1 Å². The molecular weight excluding hydrogens is 601 g/mol. The van der Waals surface area contributed by atoms with Crippen molar-refractivity contribution in [2.24, 2.45) is 0 Å². The van der Waals surface area contributed by atoms with Gasteiger partial charge < -0.3 is 9.40 Å². The largest absolute Gasteiger partial charge is 2.00 e. The van der Waals surface area contributed by atoms with Gasteiger partial charge in [-0.3, -0.25) is 4.68 Å². The number of rotatable bonds is 3. The summed E-state index contributed by atoms with van der Waals surface area (Å²) in [5.74, 6) is 0.479. The monoisotopic (exact) mass is 624 g/mol. The fourth-order valence-corrected chi connectivity index (χ4v) is 3.71. The van der Waals surface area contributed by atoms with Crippen molar-refractivity contribution >= 4 is 21.9 Å². The molecule has 5 heteroatoms. The van der Waals surface area contributed by atoms with Gasteiger partial charge in [0, 0.05) is 24.0 Å². The number of benzene rings is 3. The normalized spacial score (nSPS) is 10.7. The van der Waals surface area contributed by atoms with Crippen LogP contribution in [0.1, 0.15) is 25.3 Å². The van der Waals surface area contributed by atoms with Crippen molar-refractivity contribution in [2.45, 2.75) is 19.8 Å². The molecule has 34 heavy (non-hydrogen) atoms. The van der Waals surface area contributed by atoms with Gasteiger partial charge in [0.05, 0.1) is 5.58 Å². The smallest absolute Gasteiger partial charge is 0.501 e. The van der Waals surface area contributed by atoms with Crippen LogP contribution in [0, 0.1) is 12.1 Å². The zero-order valence-electron chi connectivity index (χ0n) is 18.9. The maximum atomic E-state index is 6.04. The Balaban J connectivity index is 0.000000193. The third-order valence-electron chi connectivity index (χ3n) is 5.49. The number of fused-ring (bicyclic) bond motifs is 3. The van der Waals surface area contributed by atoms with Gasteiger partial charge in [-0.25, -0.2) is 0 Å². The van der Waals surface area contributed by atoms with Gasteiger partial charge in [-0.1, -0.05) is 55.1 Å². The summed E-state index contributed by atoms with van der Waals surface area (Å²) in [5, 5.41) is 6.31. The fourth-order valence-electron chi connectivity index (χ4n) is 3.71. The zero-order chi connectivity index (χ0) is 22.6. The molecule has 0 amide bonds. The van der Waals surface area contributed by atoms with Crippen LogP contribution in [0.5, 0.6) is 0 Å². The van der Waals surface area contributed by atoms with Crippen LogP contribution >= 0.6 is 0 Å². The van der Waals surface area contributed by atoms with Crippen molar-refractivity contribution in [3.05, 3.63) is 115 Å². The molecule has 6 rings (SSSR count). The minimum absolute atomic E-state index is 0. The summed E-state index contributed by atoms with van der Waals surface area (Å²) in [5.41, 5.74) is 5.78. The summed E-state index contributed by atoms with van der Waals surface area (Å²) in [6.45, 7) is 4.34. The average Bonchev–Trinajstić information content (AvgIpc) is 3.53. The first-order valence-corrected chi connectivity index (χ1v) is 11.0. The SMILES string of the molecule is CC(C)c1ccc(-c2[c-]ccc3c2oc2ccccc23)nc1.[Pt+2].[c-]1ccccc1-n1cccn1. The van der Waals surface area contributed by atoms with Crippen LogP contribution in [0.15, 0.2) is 102 Å². The van der Waals surface area contributed by atoms with Crippen molar-refractivity contribution in [3.8, 4) is 16.9 Å². The molecule has 3 aromatic carbocycles. The van der Waals surface area contributed by atoms with E-state index < -0.39 is 0 Å². The third kappa shape index (κ3) is 4.88. The maximum absolute atomic E-state index is 6.04. The van der Waals surface area contributed by atoms with Crippen molar-refractivity contribution in [2.75, 3.05) is 0 Å². The second-order valence-corrected chi connectivity index (χ2v) is 8.02. The standard InChI is InChI=1S/C20H16NO.C9H7N2.Pt/c1-13(2)14-10-11-18(21-12-14)17-8-5-7-16-15-6-3-4-9-19(15)22-20(16)17;1-2-5-9(6-3-1)11-8-4-7-10-11;/h3-7,9-13H,1-2H3;1-5,7-8H;/q2*-1;+2. The average molecular weight is 625 g/mol. The van der Waals surface area contributed by atoms with E-state index in [1.54, 1.807) is 10.9 Å². The van der Waals surface area contributed by atoms with Crippen molar-refractivity contribution in [3.63, 3.8) is 0 Å². The molecule has 170 valence electrons. The van der Waals surface area contributed by atoms with Crippen molar-refractivity contribution in [1.29, 1.82) is 0 Å². The molecule has 3 aromatic heterocycles. The molecule has 6 aromatic rings. The summed E-state index contributed by atoms with van der Waals surface area (Å²) < 4.78 is 7.82. The fraction of sp³-hybridized carbons (Fsp3) is 0.103. The molecule has 0 bridgehead atoms. The van der Waals surface area contributed by atoms with Gasteiger partial charge in [0.25, 0.3) is 0 Å². The van der Waals surface area contributed by atoms with Gasteiger partial charge in [0.15, 0.2) is 0 Å². The van der Waals surface area contributed by atoms with Crippen LogP contribution in [0.2, 0.25) is 0 Å². The van der Waals surface area contributed by atoms with E-state index in [0.29, 0.717) is 5.92 Å². The predicted molar refractivity (Wildman–Crippen MR) is 132 cm³/mol. The molecule has 0 saturated carbocycles. The third-order valence-corrected chi connectivity index (χ3v) is 5.49. The molecule has 3 heterocycles. The Bertz CT molecular complexity index is 1470. The molecule has 0 atom stereocenters. The molecule has 0 fully saturated rings. The van der Waals surface area contributed by atoms with Crippen LogP contribution in [0.3, 0.4) is 0 Å². The van der Waals surface area contributed by atoms with Gasteiger partial charge in [-0.15, -0.1) is 24.3 Å². The molecule has 0 saturated heterocycles. The summed E-state index contributed by atoms with van der Waals surface area (Å²) >= 11 is 0. The molecule has 0 N–H and O–H groups in total. The van der Waals surface area contributed by atoms with Gasteiger partial charge >= 0.3 is 21.1 Å². The molecule has 0 radical (unpaired) electrons. The topological polar surface area (TPSA) is 43.9 Å². The Morgan fingerprint density at radius 1 is 0.853 bits per heavy atom. The summed E-state index contributed by atoms with van der Waals surface area (Å²) in [6, 6.07) is 32.2. The predicted octanol–water partition coefficient (Wildman–Crippen LogP) is 7.24.